The predicted octanol–water partition coefficient (Wildman–Crippen LogP) is -0.522. The largest absolute Gasteiger partial charge is 0.480 e. The van der Waals surface area contributed by atoms with Crippen molar-refractivity contribution in [3.05, 3.63) is 0 Å². The maximum atomic E-state index is 12.3. The average molecular weight is 251 g/mol. The van der Waals surface area contributed by atoms with Gasteiger partial charge in [0.2, 0.25) is 11.8 Å². The number of carbonyl (C=O) groups excluding carboxylic acids is 2. The topological polar surface area (TPSA) is 87.2 Å². The molecule has 0 spiro atoms. The summed E-state index contributed by atoms with van der Waals surface area (Å²) in [6.45, 7) is 1.39. The van der Waals surface area contributed by atoms with E-state index in [4.69, 9.17) is 9.84 Å². The van der Waals surface area contributed by atoms with Crippen molar-refractivity contribution in [3.63, 3.8) is 0 Å². The zero-order valence-corrected chi connectivity index (χ0v) is 9.78. The van der Waals surface area contributed by atoms with Crippen molar-refractivity contribution in [1.82, 2.24) is 4.90 Å². The predicted molar refractivity (Wildman–Crippen MR) is 56.2 cm³/mol. The van der Waals surface area contributed by atoms with Crippen LogP contribution in [0.3, 0.4) is 0 Å². The number of carboxylic acids is 1. The zero-order chi connectivity index (χ0) is 12.8. The van der Waals surface area contributed by atoms with Crippen LogP contribution in [0.25, 0.3) is 0 Å². The summed E-state index contributed by atoms with van der Waals surface area (Å²) in [5.41, 5.74) is 0. The van der Waals surface area contributed by atoms with Gasteiger partial charge in [-0.1, -0.05) is 0 Å². The van der Waals surface area contributed by atoms with Gasteiger partial charge >= 0.3 is 5.97 Å². The summed E-state index contributed by atoms with van der Waals surface area (Å²) < 4.78 is 5.48. The summed E-state index contributed by atoms with van der Waals surface area (Å²) in [4.78, 5) is 36.5. The minimum Gasteiger partial charge on any atom is -0.480 e. The number of imide groups is 1. The number of ether oxygens (including phenoxy) is 1. The molecular formula is C12H13NO5. The number of amides is 2. The Morgan fingerprint density at radius 2 is 1.78 bits per heavy atom. The van der Waals surface area contributed by atoms with E-state index in [1.165, 1.54) is 6.92 Å². The maximum absolute atomic E-state index is 12.3. The van der Waals surface area contributed by atoms with E-state index in [2.05, 4.69) is 0 Å². The van der Waals surface area contributed by atoms with Crippen LogP contribution in [0, 0.1) is 23.7 Å². The van der Waals surface area contributed by atoms with Gasteiger partial charge in [0, 0.05) is 11.8 Å². The van der Waals surface area contributed by atoms with Crippen LogP contribution in [0.15, 0.2) is 0 Å². The van der Waals surface area contributed by atoms with E-state index in [0.717, 1.165) is 11.3 Å². The number of carbonyl (C=O) groups is 3. The van der Waals surface area contributed by atoms with E-state index in [0.29, 0.717) is 0 Å². The summed E-state index contributed by atoms with van der Waals surface area (Å²) in [7, 11) is 0. The number of carboxylic acid groups (broad SMARTS) is 1. The van der Waals surface area contributed by atoms with E-state index < -0.39 is 12.0 Å². The monoisotopic (exact) mass is 251 g/mol. The maximum Gasteiger partial charge on any atom is 0.326 e. The molecular weight excluding hydrogens is 238 g/mol. The Morgan fingerprint density at radius 3 is 2.22 bits per heavy atom. The second-order valence-electron chi connectivity index (χ2n) is 5.74. The Morgan fingerprint density at radius 1 is 1.28 bits per heavy atom. The molecule has 18 heavy (non-hydrogen) atoms. The summed E-state index contributed by atoms with van der Waals surface area (Å²) in [6, 6.07) is -1.06. The van der Waals surface area contributed by atoms with Gasteiger partial charge in [0.25, 0.3) is 0 Å². The third kappa shape index (κ3) is 0.971. The van der Waals surface area contributed by atoms with Crippen molar-refractivity contribution in [2.45, 2.75) is 31.6 Å². The number of aliphatic carboxylic acids is 1. The minimum absolute atomic E-state index is 0.132. The SMILES string of the molecule is CC(C(=O)O)N1C(=O)C2C3CC(C4OC34)C2C1=O. The molecule has 7 unspecified atom stereocenters. The number of fused-ring (bicyclic) bond motifs is 8. The summed E-state index contributed by atoms with van der Waals surface area (Å²) in [5, 5.41) is 8.98. The van der Waals surface area contributed by atoms with Crippen LogP contribution in [0.5, 0.6) is 0 Å². The fourth-order valence-electron chi connectivity index (χ4n) is 4.24. The first-order valence-electron chi connectivity index (χ1n) is 6.27. The molecule has 2 bridgehead atoms. The molecule has 6 nitrogen and oxygen atoms in total. The second-order valence-corrected chi connectivity index (χ2v) is 5.74. The first-order chi connectivity index (χ1) is 8.52. The highest BCUT2D eigenvalue weighted by molar-refractivity contribution is 6.08. The van der Waals surface area contributed by atoms with Gasteiger partial charge < -0.3 is 9.84 Å². The Labute approximate surface area is 103 Å². The molecule has 7 atom stereocenters. The number of hydrogen-bond acceptors (Lipinski definition) is 4. The normalized spacial score (nSPS) is 49.3. The van der Waals surface area contributed by atoms with Crippen LogP contribution in [-0.4, -0.2) is 46.0 Å². The van der Waals surface area contributed by atoms with Gasteiger partial charge in [0.05, 0.1) is 24.0 Å². The molecule has 2 heterocycles. The quantitative estimate of drug-likeness (QED) is 0.527. The number of likely N-dealkylation sites (tertiary alicyclic amines) is 1. The third-order valence-corrected chi connectivity index (χ3v) is 5.05. The van der Waals surface area contributed by atoms with E-state index >= 15 is 0 Å². The lowest BCUT2D eigenvalue weighted by Crippen LogP contribution is -2.44. The van der Waals surface area contributed by atoms with E-state index in [9.17, 15) is 14.4 Å². The van der Waals surface area contributed by atoms with Crippen molar-refractivity contribution >= 4 is 17.8 Å². The minimum atomic E-state index is -1.13. The van der Waals surface area contributed by atoms with Crippen molar-refractivity contribution < 1.29 is 24.2 Å². The lowest BCUT2D eigenvalue weighted by atomic mass is 9.81. The molecule has 1 N–H and O–H groups in total. The molecule has 2 aliphatic carbocycles. The van der Waals surface area contributed by atoms with Gasteiger partial charge in [-0.2, -0.15) is 0 Å². The third-order valence-electron chi connectivity index (χ3n) is 5.05. The molecule has 0 aromatic heterocycles. The molecule has 2 saturated heterocycles. The van der Waals surface area contributed by atoms with Gasteiger partial charge in [0.15, 0.2) is 0 Å². The average Bonchev–Trinajstić information content (AvgIpc) is 2.84. The standard InChI is InChI=1S/C12H13NO5/c1-3(12(16)17)13-10(14)6-4-2-5(7(6)11(13)15)9-8(4)18-9/h3-9H,2H2,1H3,(H,16,17). The first-order valence-corrected chi connectivity index (χ1v) is 6.27. The van der Waals surface area contributed by atoms with Crippen molar-refractivity contribution in [3.8, 4) is 0 Å². The van der Waals surface area contributed by atoms with Crippen LogP contribution in [0.2, 0.25) is 0 Å². The van der Waals surface area contributed by atoms with Crippen LogP contribution < -0.4 is 0 Å². The fraction of sp³-hybridized carbons (Fsp3) is 0.750. The van der Waals surface area contributed by atoms with Crippen molar-refractivity contribution in [2.24, 2.45) is 23.7 Å². The molecule has 0 aromatic carbocycles. The van der Waals surface area contributed by atoms with Gasteiger partial charge in [-0.3, -0.25) is 14.5 Å². The van der Waals surface area contributed by atoms with E-state index in [-0.39, 0.29) is 47.7 Å². The summed E-state index contributed by atoms with van der Waals surface area (Å²) in [6.07, 6.45) is 1.18. The molecule has 96 valence electrons. The van der Waals surface area contributed by atoms with Crippen LogP contribution >= 0.6 is 0 Å². The summed E-state index contributed by atoms with van der Waals surface area (Å²) >= 11 is 0. The Balaban J connectivity index is 1.70. The van der Waals surface area contributed by atoms with Gasteiger partial charge in [-0.05, 0) is 13.3 Å². The zero-order valence-electron chi connectivity index (χ0n) is 9.78. The molecule has 0 radical (unpaired) electrons. The highest BCUT2D eigenvalue weighted by Gasteiger charge is 2.74. The molecule has 2 saturated carbocycles. The number of epoxide rings is 1. The van der Waals surface area contributed by atoms with Gasteiger partial charge in [-0.15, -0.1) is 0 Å². The van der Waals surface area contributed by atoms with Crippen LogP contribution in [0.1, 0.15) is 13.3 Å². The van der Waals surface area contributed by atoms with Crippen LogP contribution in [0.4, 0.5) is 0 Å². The Kier molecular flexibility index (Phi) is 1.71. The number of hydrogen-bond donors (Lipinski definition) is 1. The number of rotatable bonds is 2. The lowest BCUT2D eigenvalue weighted by molar-refractivity contribution is -0.154. The molecule has 4 rings (SSSR count). The fourth-order valence-corrected chi connectivity index (χ4v) is 4.24. The molecule has 2 amide bonds. The smallest absolute Gasteiger partial charge is 0.326 e. The molecule has 6 heteroatoms. The summed E-state index contributed by atoms with van der Waals surface area (Å²) in [5.74, 6) is -2.13. The first kappa shape index (κ1) is 10.5. The second kappa shape index (κ2) is 2.93. The highest BCUT2D eigenvalue weighted by Crippen LogP contribution is 2.64. The molecule has 4 fully saturated rings. The van der Waals surface area contributed by atoms with Crippen LogP contribution in [-0.2, 0) is 19.1 Å². The Bertz CT molecular complexity index is 457. The molecule has 0 aromatic rings. The Hall–Kier alpha value is -1.43. The highest BCUT2D eigenvalue weighted by atomic mass is 16.6. The van der Waals surface area contributed by atoms with Crippen molar-refractivity contribution in [1.29, 1.82) is 0 Å². The van der Waals surface area contributed by atoms with E-state index in [1.807, 2.05) is 0 Å². The molecule has 4 aliphatic rings. The van der Waals surface area contributed by atoms with Gasteiger partial charge in [0.1, 0.15) is 6.04 Å². The lowest BCUT2D eigenvalue weighted by Gasteiger charge is -2.21. The number of nitrogens with zero attached hydrogens (tertiary/aromatic N) is 1. The molecule has 2 aliphatic heterocycles. The van der Waals surface area contributed by atoms with Gasteiger partial charge in [-0.25, -0.2) is 4.79 Å². The van der Waals surface area contributed by atoms with Crippen molar-refractivity contribution in [2.75, 3.05) is 0 Å². The van der Waals surface area contributed by atoms with E-state index in [1.54, 1.807) is 0 Å².